The van der Waals surface area contributed by atoms with Crippen LogP contribution in [-0.2, 0) is 4.79 Å². The molecule has 25 heavy (non-hydrogen) atoms. The van der Waals surface area contributed by atoms with Crippen LogP contribution in [0.25, 0.3) is 0 Å². The van der Waals surface area contributed by atoms with Gasteiger partial charge >= 0.3 is 5.97 Å². The highest BCUT2D eigenvalue weighted by molar-refractivity contribution is 5.81. The van der Waals surface area contributed by atoms with Crippen molar-refractivity contribution in [1.82, 2.24) is 0 Å². The van der Waals surface area contributed by atoms with Gasteiger partial charge in [-0.25, -0.2) is 14.3 Å². The fourth-order valence-corrected chi connectivity index (χ4v) is 3.36. The monoisotopic (exact) mass is 350 g/mol. The lowest BCUT2D eigenvalue weighted by Crippen LogP contribution is -2.59. The van der Waals surface area contributed by atoms with Crippen molar-refractivity contribution in [2.45, 2.75) is 84.2 Å². The summed E-state index contributed by atoms with van der Waals surface area (Å²) < 4.78 is 0.168. The molecular weight excluding hydrogens is 314 g/mol. The van der Waals surface area contributed by atoms with E-state index in [4.69, 9.17) is 5.73 Å². The van der Waals surface area contributed by atoms with Gasteiger partial charge < -0.3 is 5.11 Å². The number of hydrogen-bond acceptors (Lipinski definition) is 3. The van der Waals surface area contributed by atoms with E-state index < -0.39 is 5.97 Å². The van der Waals surface area contributed by atoms with Crippen molar-refractivity contribution in [3.8, 4) is 0 Å². The Balaban J connectivity index is 2.18. The van der Waals surface area contributed by atoms with Crippen molar-refractivity contribution in [3.05, 3.63) is 24.6 Å². The number of amidine groups is 1. The Hall–Kier alpha value is -1.46. The minimum Gasteiger partial charge on any atom is -0.477 e. The minimum absolute atomic E-state index is 0.0276. The van der Waals surface area contributed by atoms with Crippen LogP contribution >= 0.6 is 0 Å². The van der Waals surface area contributed by atoms with Gasteiger partial charge in [0.1, 0.15) is 12.4 Å². The number of carboxylic acid groups (broad SMARTS) is 1. The number of quaternary nitrogens is 1. The maximum Gasteiger partial charge on any atom is 0.360 e. The second-order valence-corrected chi connectivity index (χ2v) is 7.00. The van der Waals surface area contributed by atoms with Crippen LogP contribution in [0.4, 0.5) is 0 Å². The van der Waals surface area contributed by atoms with Crippen molar-refractivity contribution >= 4 is 11.8 Å². The molecule has 2 unspecified atom stereocenters. The number of aliphatic carboxylic acids is 1. The van der Waals surface area contributed by atoms with Crippen LogP contribution in [0.1, 0.15) is 78.1 Å². The lowest BCUT2D eigenvalue weighted by atomic mass is 10.1. The van der Waals surface area contributed by atoms with Crippen LogP contribution in [-0.4, -0.2) is 34.1 Å². The van der Waals surface area contributed by atoms with Crippen molar-refractivity contribution in [1.29, 1.82) is 0 Å². The molecule has 0 aliphatic carbocycles. The molecule has 0 spiro atoms. The zero-order valence-electron chi connectivity index (χ0n) is 16.0. The molecule has 142 valence electrons. The predicted octanol–water partition coefficient (Wildman–Crippen LogP) is 4.55. The lowest BCUT2D eigenvalue weighted by Gasteiger charge is -2.34. The number of nitrogens with zero attached hydrogens (tertiary/aromatic N) is 2. The van der Waals surface area contributed by atoms with Gasteiger partial charge in [-0.05, 0) is 26.2 Å². The first-order chi connectivity index (χ1) is 12.0. The van der Waals surface area contributed by atoms with Crippen LogP contribution < -0.4 is 5.73 Å². The molecule has 0 radical (unpaired) electrons. The third kappa shape index (κ3) is 7.53. The number of unbranched alkanes of at least 4 members (excludes halogenated alkanes) is 8. The molecule has 0 amide bonds. The summed E-state index contributed by atoms with van der Waals surface area (Å²) in [6.45, 7) is 3.90. The SMILES string of the molecule is C/C=C/CCCCCCCCCCC1=NC=C[N+]1(CC(=O)O)C(C)N. The van der Waals surface area contributed by atoms with E-state index in [2.05, 4.69) is 24.1 Å². The summed E-state index contributed by atoms with van der Waals surface area (Å²) in [7, 11) is 0. The smallest absolute Gasteiger partial charge is 0.360 e. The van der Waals surface area contributed by atoms with Crippen LogP contribution in [0.5, 0.6) is 0 Å². The van der Waals surface area contributed by atoms with Gasteiger partial charge in [0.15, 0.2) is 6.54 Å². The number of carboxylic acids is 1. The van der Waals surface area contributed by atoms with Gasteiger partial charge in [0.25, 0.3) is 0 Å². The maximum atomic E-state index is 11.2. The molecule has 0 fully saturated rings. The largest absolute Gasteiger partial charge is 0.477 e. The van der Waals surface area contributed by atoms with Crippen molar-refractivity contribution in [2.75, 3.05) is 6.54 Å². The van der Waals surface area contributed by atoms with Gasteiger partial charge in [0.2, 0.25) is 5.84 Å². The molecule has 1 aliphatic heterocycles. The van der Waals surface area contributed by atoms with Crippen molar-refractivity contribution < 1.29 is 14.4 Å². The summed E-state index contributed by atoms with van der Waals surface area (Å²) >= 11 is 0. The van der Waals surface area contributed by atoms with E-state index in [1.165, 1.54) is 51.4 Å². The number of nitrogens with two attached hydrogens (primary N) is 1. The molecule has 2 atom stereocenters. The molecule has 1 heterocycles. The van der Waals surface area contributed by atoms with E-state index in [9.17, 15) is 9.90 Å². The number of allylic oxidation sites excluding steroid dienone is 2. The average molecular weight is 351 g/mol. The Labute approximate surface area is 152 Å². The zero-order chi connectivity index (χ0) is 18.5. The van der Waals surface area contributed by atoms with Gasteiger partial charge in [-0.1, -0.05) is 50.7 Å². The first-order valence-electron chi connectivity index (χ1n) is 9.74. The van der Waals surface area contributed by atoms with E-state index in [0.717, 1.165) is 18.7 Å². The normalized spacial score (nSPS) is 21.0. The van der Waals surface area contributed by atoms with E-state index in [-0.39, 0.29) is 17.2 Å². The highest BCUT2D eigenvalue weighted by Crippen LogP contribution is 2.23. The molecule has 0 aromatic heterocycles. The van der Waals surface area contributed by atoms with Crippen LogP contribution in [0, 0.1) is 0 Å². The Bertz CT molecular complexity index is 483. The predicted molar refractivity (Wildman–Crippen MR) is 104 cm³/mol. The van der Waals surface area contributed by atoms with Crippen LogP contribution in [0.2, 0.25) is 0 Å². The van der Waals surface area contributed by atoms with Crippen LogP contribution in [0.15, 0.2) is 29.5 Å². The molecule has 1 rings (SSSR count). The van der Waals surface area contributed by atoms with E-state index in [0.29, 0.717) is 0 Å². The third-order valence-corrected chi connectivity index (χ3v) is 4.92. The second-order valence-electron chi connectivity index (χ2n) is 7.00. The molecule has 0 saturated heterocycles. The third-order valence-electron chi connectivity index (χ3n) is 4.92. The van der Waals surface area contributed by atoms with Crippen LogP contribution in [0.3, 0.4) is 0 Å². The topological polar surface area (TPSA) is 75.7 Å². The Morgan fingerprint density at radius 2 is 1.80 bits per heavy atom. The minimum atomic E-state index is -0.842. The quantitative estimate of drug-likeness (QED) is 0.274. The average Bonchev–Trinajstić information content (AvgIpc) is 2.96. The fourth-order valence-electron chi connectivity index (χ4n) is 3.36. The zero-order valence-corrected chi connectivity index (χ0v) is 16.0. The lowest BCUT2D eigenvalue weighted by molar-refractivity contribution is -0.805. The molecule has 5 heteroatoms. The Morgan fingerprint density at radius 3 is 2.36 bits per heavy atom. The number of aliphatic imine (C=N–C) groups is 1. The van der Waals surface area contributed by atoms with Gasteiger partial charge in [0.05, 0.1) is 6.20 Å². The Morgan fingerprint density at radius 1 is 1.20 bits per heavy atom. The van der Waals surface area contributed by atoms with E-state index in [1.54, 1.807) is 6.20 Å². The summed E-state index contributed by atoms with van der Waals surface area (Å²) in [5, 5.41) is 9.20. The molecule has 1 aliphatic rings. The van der Waals surface area contributed by atoms with Gasteiger partial charge in [0, 0.05) is 13.3 Å². The maximum absolute atomic E-state index is 11.2. The standard InChI is InChI=1S/C20H35N3O2/c1-3-4-5-6-7-8-9-10-11-12-13-14-19-22-15-16-23(19,18(2)21)17-20(24)25/h3-4,15-16,18H,5-14,17,21H2,1-2H3/p+1/b4-3+. The van der Waals surface area contributed by atoms with E-state index >= 15 is 0 Å². The molecule has 3 N–H and O–H groups in total. The molecule has 0 aromatic rings. The fraction of sp³-hybridized carbons (Fsp3) is 0.700. The number of carbonyl (C=O) groups is 1. The van der Waals surface area contributed by atoms with Crippen molar-refractivity contribution in [2.24, 2.45) is 10.7 Å². The van der Waals surface area contributed by atoms with Gasteiger partial charge in [-0.2, -0.15) is 0 Å². The molecular formula is C20H36N3O2+. The van der Waals surface area contributed by atoms with Gasteiger partial charge in [-0.3, -0.25) is 5.73 Å². The summed E-state index contributed by atoms with van der Waals surface area (Å²) in [5.41, 5.74) is 6.07. The highest BCUT2D eigenvalue weighted by Gasteiger charge is 2.40. The Kier molecular flexibility index (Phi) is 10.3. The summed E-state index contributed by atoms with van der Waals surface area (Å²) in [5.74, 6) is 0.0485. The van der Waals surface area contributed by atoms with Gasteiger partial charge in [-0.15, -0.1) is 0 Å². The molecule has 0 bridgehead atoms. The van der Waals surface area contributed by atoms with Crippen molar-refractivity contribution in [3.63, 3.8) is 0 Å². The number of rotatable bonds is 14. The van der Waals surface area contributed by atoms with E-state index in [1.807, 2.05) is 13.1 Å². The summed E-state index contributed by atoms with van der Waals surface area (Å²) in [6, 6.07) is 0. The summed E-state index contributed by atoms with van der Waals surface area (Å²) in [6.07, 6.45) is 19.7. The number of hydrogen-bond donors (Lipinski definition) is 2. The summed E-state index contributed by atoms with van der Waals surface area (Å²) in [4.78, 5) is 15.6. The first-order valence-corrected chi connectivity index (χ1v) is 9.74. The molecule has 0 saturated carbocycles. The first kappa shape index (κ1) is 21.6. The molecule has 5 nitrogen and oxygen atoms in total. The highest BCUT2D eigenvalue weighted by atomic mass is 16.4. The second kappa shape index (κ2) is 12.0. The molecule has 0 aromatic carbocycles.